The van der Waals surface area contributed by atoms with Crippen LogP contribution in [0.2, 0.25) is 0 Å². The normalized spacial score (nSPS) is 17.5. The van der Waals surface area contributed by atoms with Gasteiger partial charge in [0.2, 0.25) is 0 Å². The maximum absolute atomic E-state index is 13.8. The van der Waals surface area contributed by atoms with Gasteiger partial charge < -0.3 is 10.0 Å². The highest BCUT2D eigenvalue weighted by molar-refractivity contribution is 5.95. The second-order valence-electron chi connectivity index (χ2n) is 5.47. The summed E-state index contributed by atoms with van der Waals surface area (Å²) in [5.74, 6) is -2.41. The zero-order valence-corrected chi connectivity index (χ0v) is 11.2. The molecule has 0 unspecified atom stereocenters. The van der Waals surface area contributed by atoms with Crippen molar-refractivity contribution in [2.45, 2.75) is 26.4 Å². The van der Waals surface area contributed by atoms with Crippen LogP contribution in [0.25, 0.3) is 0 Å². The van der Waals surface area contributed by atoms with E-state index in [0.717, 1.165) is 6.07 Å². The SMILES string of the molecule is Cc1ccc(F)c(C(=O)N2CC(O)(C(C)C)C2)c1F. The molecule has 5 heteroatoms. The van der Waals surface area contributed by atoms with Crippen LogP contribution in [-0.2, 0) is 0 Å². The van der Waals surface area contributed by atoms with Crippen LogP contribution in [0, 0.1) is 24.5 Å². The maximum Gasteiger partial charge on any atom is 0.260 e. The van der Waals surface area contributed by atoms with Gasteiger partial charge in [0.15, 0.2) is 0 Å². The van der Waals surface area contributed by atoms with Gasteiger partial charge in [0.1, 0.15) is 22.8 Å². The van der Waals surface area contributed by atoms with Crippen LogP contribution in [0.3, 0.4) is 0 Å². The van der Waals surface area contributed by atoms with Crippen LogP contribution in [-0.4, -0.2) is 34.6 Å². The van der Waals surface area contributed by atoms with Crippen LogP contribution in [0.4, 0.5) is 8.78 Å². The van der Waals surface area contributed by atoms with Crippen LogP contribution >= 0.6 is 0 Å². The molecule has 0 bridgehead atoms. The standard InChI is InChI=1S/C14H17F2NO2/c1-8(2)14(19)6-17(7-14)13(18)11-10(15)5-4-9(3)12(11)16/h4-5,8,19H,6-7H2,1-3H3. The molecular weight excluding hydrogens is 252 g/mol. The summed E-state index contributed by atoms with van der Waals surface area (Å²) in [6.45, 7) is 5.38. The summed E-state index contributed by atoms with van der Waals surface area (Å²) in [4.78, 5) is 13.3. The molecule has 0 saturated carbocycles. The fraction of sp³-hybridized carbons (Fsp3) is 0.500. The van der Waals surface area contributed by atoms with Gasteiger partial charge in [-0.2, -0.15) is 0 Å². The van der Waals surface area contributed by atoms with Gasteiger partial charge in [-0.3, -0.25) is 4.79 Å². The van der Waals surface area contributed by atoms with Crippen molar-refractivity contribution in [3.8, 4) is 0 Å². The van der Waals surface area contributed by atoms with Gasteiger partial charge in [0.05, 0.1) is 13.1 Å². The number of aliphatic hydroxyl groups is 1. The lowest BCUT2D eigenvalue weighted by molar-refractivity contribution is -0.111. The molecule has 2 rings (SSSR count). The molecule has 1 N–H and O–H groups in total. The van der Waals surface area contributed by atoms with Crippen molar-refractivity contribution < 1.29 is 18.7 Å². The Hall–Kier alpha value is -1.49. The second kappa shape index (κ2) is 4.56. The first-order valence-corrected chi connectivity index (χ1v) is 6.22. The molecule has 1 saturated heterocycles. The minimum Gasteiger partial charge on any atom is -0.386 e. The van der Waals surface area contributed by atoms with Crippen LogP contribution < -0.4 is 0 Å². The number of hydrogen-bond donors (Lipinski definition) is 1. The first-order valence-electron chi connectivity index (χ1n) is 6.22. The lowest BCUT2D eigenvalue weighted by Crippen LogP contribution is -2.66. The molecule has 1 heterocycles. The number of benzene rings is 1. The van der Waals surface area contributed by atoms with Gasteiger partial charge in [-0.05, 0) is 24.5 Å². The van der Waals surface area contributed by atoms with Gasteiger partial charge in [0, 0.05) is 0 Å². The van der Waals surface area contributed by atoms with Crippen molar-refractivity contribution in [3.05, 3.63) is 34.9 Å². The van der Waals surface area contributed by atoms with E-state index < -0.39 is 28.7 Å². The van der Waals surface area contributed by atoms with Gasteiger partial charge in [-0.25, -0.2) is 8.78 Å². The Balaban J connectivity index is 2.22. The minimum atomic E-state index is -0.952. The van der Waals surface area contributed by atoms with E-state index in [0.29, 0.717) is 0 Å². The number of carbonyl (C=O) groups is 1. The molecule has 1 aliphatic rings. The highest BCUT2D eigenvalue weighted by Gasteiger charge is 2.46. The third-order valence-electron chi connectivity index (χ3n) is 3.79. The van der Waals surface area contributed by atoms with E-state index in [4.69, 9.17) is 0 Å². The quantitative estimate of drug-likeness (QED) is 0.893. The molecule has 1 aromatic carbocycles. The number of hydrogen-bond acceptors (Lipinski definition) is 2. The van der Waals surface area contributed by atoms with Crippen molar-refractivity contribution in [1.29, 1.82) is 0 Å². The van der Waals surface area contributed by atoms with Crippen molar-refractivity contribution in [1.82, 2.24) is 4.90 Å². The fourth-order valence-corrected chi connectivity index (χ4v) is 2.13. The Morgan fingerprint density at radius 1 is 1.37 bits per heavy atom. The minimum absolute atomic E-state index is 0.0104. The van der Waals surface area contributed by atoms with E-state index in [2.05, 4.69) is 0 Å². The van der Waals surface area contributed by atoms with Crippen molar-refractivity contribution in [2.24, 2.45) is 5.92 Å². The van der Waals surface area contributed by atoms with Crippen molar-refractivity contribution >= 4 is 5.91 Å². The predicted octanol–water partition coefficient (Wildman–Crippen LogP) is 2.12. The molecule has 104 valence electrons. The van der Waals surface area contributed by atoms with E-state index in [1.54, 1.807) is 0 Å². The molecule has 0 spiro atoms. The lowest BCUT2D eigenvalue weighted by atomic mass is 9.82. The lowest BCUT2D eigenvalue weighted by Gasteiger charge is -2.49. The zero-order chi connectivity index (χ0) is 14.4. The van der Waals surface area contributed by atoms with Crippen molar-refractivity contribution in [2.75, 3.05) is 13.1 Å². The molecule has 0 atom stereocenters. The van der Waals surface area contributed by atoms with Gasteiger partial charge >= 0.3 is 0 Å². The summed E-state index contributed by atoms with van der Waals surface area (Å²) >= 11 is 0. The maximum atomic E-state index is 13.8. The number of nitrogens with zero attached hydrogens (tertiary/aromatic N) is 1. The van der Waals surface area contributed by atoms with Crippen LogP contribution in [0.1, 0.15) is 29.8 Å². The summed E-state index contributed by atoms with van der Waals surface area (Å²) < 4.78 is 27.4. The van der Waals surface area contributed by atoms with Crippen molar-refractivity contribution in [3.63, 3.8) is 0 Å². The molecule has 3 nitrogen and oxygen atoms in total. The van der Waals surface area contributed by atoms with Gasteiger partial charge in [-0.15, -0.1) is 0 Å². The summed E-state index contributed by atoms with van der Waals surface area (Å²) in [6, 6.07) is 2.38. The van der Waals surface area contributed by atoms with E-state index in [1.807, 2.05) is 13.8 Å². The number of halogens is 2. The Bertz CT molecular complexity index is 522. The second-order valence-corrected chi connectivity index (χ2v) is 5.47. The molecule has 0 aromatic heterocycles. The smallest absolute Gasteiger partial charge is 0.260 e. The average Bonchev–Trinajstić information content (AvgIpc) is 2.29. The molecule has 1 fully saturated rings. The fourth-order valence-electron chi connectivity index (χ4n) is 2.13. The van der Waals surface area contributed by atoms with Gasteiger partial charge in [-0.1, -0.05) is 19.9 Å². The first-order chi connectivity index (χ1) is 8.76. The molecule has 1 aliphatic heterocycles. The topological polar surface area (TPSA) is 40.5 Å². The molecule has 1 aromatic rings. The predicted molar refractivity (Wildman–Crippen MR) is 66.8 cm³/mol. The summed E-state index contributed by atoms with van der Waals surface area (Å²) in [5.41, 5.74) is -1.26. The highest BCUT2D eigenvalue weighted by Crippen LogP contribution is 2.31. The third-order valence-corrected chi connectivity index (χ3v) is 3.79. The van der Waals surface area contributed by atoms with E-state index >= 15 is 0 Å². The zero-order valence-electron chi connectivity index (χ0n) is 11.2. The number of amides is 1. The Morgan fingerprint density at radius 2 is 1.95 bits per heavy atom. The average molecular weight is 269 g/mol. The molecule has 1 amide bonds. The number of rotatable bonds is 2. The monoisotopic (exact) mass is 269 g/mol. The molecule has 0 aliphatic carbocycles. The summed E-state index contributed by atoms with van der Waals surface area (Å²) in [6.07, 6.45) is 0. The molecule has 19 heavy (non-hydrogen) atoms. The largest absolute Gasteiger partial charge is 0.386 e. The molecule has 0 radical (unpaired) electrons. The molecular formula is C14H17F2NO2. The number of aryl methyl sites for hydroxylation is 1. The Kier molecular flexibility index (Phi) is 3.34. The van der Waals surface area contributed by atoms with E-state index in [-0.39, 0.29) is 24.6 Å². The van der Waals surface area contributed by atoms with Crippen LogP contribution in [0.5, 0.6) is 0 Å². The third kappa shape index (κ3) is 2.23. The van der Waals surface area contributed by atoms with E-state index in [9.17, 15) is 18.7 Å². The first kappa shape index (κ1) is 13.9. The summed E-state index contributed by atoms with van der Waals surface area (Å²) in [5, 5.41) is 10.1. The Morgan fingerprint density at radius 3 is 2.47 bits per heavy atom. The number of likely N-dealkylation sites (tertiary alicyclic amines) is 1. The van der Waals surface area contributed by atoms with Crippen LogP contribution in [0.15, 0.2) is 12.1 Å². The highest BCUT2D eigenvalue weighted by atomic mass is 19.1. The number of β-amino-alcohol motifs (C(OH)–C–C–N with tert-alkyl or cyclic N) is 1. The number of carbonyl (C=O) groups excluding carboxylic acids is 1. The van der Waals surface area contributed by atoms with E-state index in [1.165, 1.54) is 17.9 Å². The Labute approximate surface area is 110 Å². The van der Waals surface area contributed by atoms with Gasteiger partial charge in [0.25, 0.3) is 5.91 Å². The summed E-state index contributed by atoms with van der Waals surface area (Å²) in [7, 11) is 0.